The maximum atomic E-state index is 4.56. The average molecular weight is 294 g/mol. The molecule has 0 bridgehead atoms. The van der Waals surface area contributed by atoms with Gasteiger partial charge in [-0.15, -0.1) is 0 Å². The third-order valence-electron chi connectivity index (χ3n) is 3.02. The van der Waals surface area contributed by atoms with Crippen LogP contribution in [0, 0.1) is 20.8 Å². The van der Waals surface area contributed by atoms with Gasteiger partial charge >= 0.3 is 0 Å². The van der Waals surface area contributed by atoms with E-state index in [0.717, 1.165) is 28.1 Å². The highest BCUT2D eigenvalue weighted by atomic mass is 79.9. The zero-order valence-electron chi connectivity index (χ0n) is 10.6. The van der Waals surface area contributed by atoms with Crippen LogP contribution in [-0.4, -0.2) is 14.8 Å². The van der Waals surface area contributed by atoms with Crippen molar-refractivity contribution in [2.24, 2.45) is 0 Å². The molecule has 0 radical (unpaired) electrons. The summed E-state index contributed by atoms with van der Waals surface area (Å²) in [5.41, 5.74) is 4.56. The number of aryl methyl sites for hydroxylation is 2. The zero-order chi connectivity index (χ0) is 12.6. The van der Waals surface area contributed by atoms with Crippen molar-refractivity contribution in [3.05, 3.63) is 39.3 Å². The second-order valence-electron chi connectivity index (χ2n) is 4.15. The van der Waals surface area contributed by atoms with E-state index in [2.05, 4.69) is 39.9 Å². The van der Waals surface area contributed by atoms with Gasteiger partial charge in [0.25, 0.3) is 0 Å². The normalized spacial score (nSPS) is 10.9. The lowest BCUT2D eigenvalue weighted by Gasteiger charge is -2.06. The molecule has 0 unspecified atom stereocenters. The van der Waals surface area contributed by atoms with Crippen LogP contribution in [0.2, 0.25) is 0 Å². The summed E-state index contributed by atoms with van der Waals surface area (Å²) in [5, 5.41) is 4.56. The van der Waals surface area contributed by atoms with Crippen molar-refractivity contribution in [3.8, 4) is 5.82 Å². The van der Waals surface area contributed by atoms with Gasteiger partial charge in [0.05, 0.1) is 11.4 Å². The van der Waals surface area contributed by atoms with Gasteiger partial charge in [0.15, 0.2) is 5.82 Å². The standard InChI is InChI=1S/C13H16BrN3/c1-5-11-8(2)16-17(10(11)4)13-7-6-12(14)9(3)15-13/h6-7H,5H2,1-4H3. The summed E-state index contributed by atoms with van der Waals surface area (Å²) in [6.07, 6.45) is 1.01. The largest absolute Gasteiger partial charge is 0.233 e. The maximum Gasteiger partial charge on any atom is 0.153 e. The molecular weight excluding hydrogens is 278 g/mol. The molecule has 0 aliphatic heterocycles. The molecular formula is C13H16BrN3. The predicted molar refractivity (Wildman–Crippen MR) is 72.6 cm³/mol. The zero-order valence-corrected chi connectivity index (χ0v) is 12.2. The first-order chi connectivity index (χ1) is 8.04. The number of rotatable bonds is 2. The van der Waals surface area contributed by atoms with E-state index in [1.165, 1.54) is 11.3 Å². The Morgan fingerprint density at radius 1 is 1.18 bits per heavy atom. The number of nitrogens with zero attached hydrogens (tertiary/aromatic N) is 3. The van der Waals surface area contributed by atoms with Crippen LogP contribution < -0.4 is 0 Å². The molecule has 3 nitrogen and oxygen atoms in total. The van der Waals surface area contributed by atoms with Gasteiger partial charge in [0.2, 0.25) is 0 Å². The minimum absolute atomic E-state index is 0.881. The summed E-state index contributed by atoms with van der Waals surface area (Å²) in [6.45, 7) is 8.29. The van der Waals surface area contributed by atoms with Crippen molar-refractivity contribution in [2.75, 3.05) is 0 Å². The highest BCUT2D eigenvalue weighted by Gasteiger charge is 2.12. The molecule has 0 fully saturated rings. The molecule has 4 heteroatoms. The minimum Gasteiger partial charge on any atom is -0.233 e. The van der Waals surface area contributed by atoms with Crippen LogP contribution in [0.4, 0.5) is 0 Å². The van der Waals surface area contributed by atoms with Crippen molar-refractivity contribution in [3.63, 3.8) is 0 Å². The van der Waals surface area contributed by atoms with Crippen LogP contribution in [0.3, 0.4) is 0 Å². The summed E-state index contributed by atoms with van der Waals surface area (Å²) in [4.78, 5) is 4.55. The molecule has 0 amide bonds. The Kier molecular flexibility index (Phi) is 3.33. The fraction of sp³-hybridized carbons (Fsp3) is 0.385. The van der Waals surface area contributed by atoms with Crippen LogP contribution >= 0.6 is 15.9 Å². The molecule has 2 heterocycles. The Balaban J connectivity index is 2.57. The first-order valence-electron chi connectivity index (χ1n) is 5.73. The molecule has 0 atom stereocenters. The fourth-order valence-electron chi connectivity index (χ4n) is 2.06. The van der Waals surface area contributed by atoms with Crippen molar-refractivity contribution >= 4 is 15.9 Å². The van der Waals surface area contributed by atoms with Crippen molar-refractivity contribution in [1.29, 1.82) is 0 Å². The van der Waals surface area contributed by atoms with E-state index >= 15 is 0 Å². The number of hydrogen-bond donors (Lipinski definition) is 0. The number of pyridine rings is 1. The molecule has 90 valence electrons. The van der Waals surface area contributed by atoms with Gasteiger partial charge < -0.3 is 0 Å². The first kappa shape index (κ1) is 12.3. The molecule has 2 rings (SSSR count). The van der Waals surface area contributed by atoms with Crippen LogP contribution in [-0.2, 0) is 6.42 Å². The lowest BCUT2D eigenvalue weighted by atomic mass is 10.1. The van der Waals surface area contributed by atoms with E-state index in [-0.39, 0.29) is 0 Å². The van der Waals surface area contributed by atoms with E-state index in [4.69, 9.17) is 0 Å². The lowest BCUT2D eigenvalue weighted by molar-refractivity contribution is 0.799. The number of hydrogen-bond acceptors (Lipinski definition) is 2. The smallest absolute Gasteiger partial charge is 0.153 e. The molecule has 0 aromatic carbocycles. The summed E-state index contributed by atoms with van der Waals surface area (Å²) < 4.78 is 2.95. The third-order valence-corrected chi connectivity index (χ3v) is 3.86. The lowest BCUT2D eigenvalue weighted by Crippen LogP contribution is -2.03. The van der Waals surface area contributed by atoms with Crippen molar-refractivity contribution in [2.45, 2.75) is 34.1 Å². The van der Waals surface area contributed by atoms with Gasteiger partial charge in [0, 0.05) is 10.2 Å². The Hall–Kier alpha value is -1.16. The maximum absolute atomic E-state index is 4.56. The van der Waals surface area contributed by atoms with Crippen LogP contribution in [0.25, 0.3) is 5.82 Å². The SMILES string of the molecule is CCc1c(C)nn(-c2ccc(Br)c(C)n2)c1C. The predicted octanol–water partition coefficient (Wildman–Crippen LogP) is 3.52. The minimum atomic E-state index is 0.881. The second-order valence-corrected chi connectivity index (χ2v) is 5.01. The van der Waals surface area contributed by atoms with Gasteiger partial charge in [-0.05, 0) is 60.8 Å². The average Bonchev–Trinajstić information content (AvgIpc) is 2.58. The van der Waals surface area contributed by atoms with Crippen LogP contribution in [0.1, 0.15) is 29.6 Å². The Morgan fingerprint density at radius 2 is 1.88 bits per heavy atom. The molecule has 0 N–H and O–H groups in total. The number of aromatic nitrogens is 3. The van der Waals surface area contributed by atoms with Gasteiger partial charge in [-0.1, -0.05) is 6.92 Å². The van der Waals surface area contributed by atoms with Gasteiger partial charge in [-0.2, -0.15) is 5.10 Å². The van der Waals surface area contributed by atoms with Gasteiger partial charge in [-0.25, -0.2) is 9.67 Å². The summed E-state index contributed by atoms with van der Waals surface area (Å²) >= 11 is 3.46. The van der Waals surface area contributed by atoms with E-state index in [1.54, 1.807) is 0 Å². The molecule has 2 aromatic rings. The first-order valence-corrected chi connectivity index (χ1v) is 6.52. The molecule has 0 saturated heterocycles. The second kappa shape index (κ2) is 4.61. The van der Waals surface area contributed by atoms with E-state index < -0.39 is 0 Å². The molecule has 2 aromatic heterocycles. The molecule has 0 aliphatic rings. The van der Waals surface area contributed by atoms with Crippen LogP contribution in [0.5, 0.6) is 0 Å². The monoisotopic (exact) mass is 293 g/mol. The molecule has 0 aliphatic carbocycles. The third kappa shape index (κ3) is 2.14. The summed E-state index contributed by atoms with van der Waals surface area (Å²) in [5.74, 6) is 0.881. The summed E-state index contributed by atoms with van der Waals surface area (Å²) in [6, 6.07) is 4.00. The Labute approximate surface area is 110 Å². The topological polar surface area (TPSA) is 30.7 Å². The highest BCUT2D eigenvalue weighted by molar-refractivity contribution is 9.10. The van der Waals surface area contributed by atoms with E-state index in [9.17, 15) is 0 Å². The molecule has 17 heavy (non-hydrogen) atoms. The quantitative estimate of drug-likeness (QED) is 0.848. The fourth-order valence-corrected chi connectivity index (χ4v) is 2.28. The molecule has 0 spiro atoms. The van der Waals surface area contributed by atoms with E-state index in [1.807, 2.05) is 30.7 Å². The molecule has 0 saturated carbocycles. The Morgan fingerprint density at radius 3 is 2.41 bits per heavy atom. The Bertz CT molecular complexity index is 558. The van der Waals surface area contributed by atoms with Gasteiger partial charge in [0.1, 0.15) is 0 Å². The van der Waals surface area contributed by atoms with Crippen molar-refractivity contribution < 1.29 is 0 Å². The van der Waals surface area contributed by atoms with Gasteiger partial charge in [-0.3, -0.25) is 0 Å². The van der Waals surface area contributed by atoms with Crippen LogP contribution in [0.15, 0.2) is 16.6 Å². The van der Waals surface area contributed by atoms with Crippen molar-refractivity contribution in [1.82, 2.24) is 14.8 Å². The summed E-state index contributed by atoms with van der Waals surface area (Å²) in [7, 11) is 0. The highest BCUT2D eigenvalue weighted by Crippen LogP contribution is 2.20. The number of halogens is 1. The van der Waals surface area contributed by atoms with E-state index in [0.29, 0.717) is 0 Å².